The number of aromatic nitrogens is 1. The van der Waals surface area contributed by atoms with Crippen molar-refractivity contribution in [1.82, 2.24) is 31.4 Å². The van der Waals surface area contributed by atoms with Crippen molar-refractivity contribution in [2.75, 3.05) is 20.6 Å². The second-order valence-electron chi connectivity index (χ2n) is 13.8. The zero-order valence-corrected chi connectivity index (χ0v) is 28.1. The molecule has 0 aliphatic rings. The normalized spacial score (nSPS) is 14.8. The molecule has 9 nitrogen and oxygen atoms in total. The zero-order valence-electron chi connectivity index (χ0n) is 28.1. The summed E-state index contributed by atoms with van der Waals surface area (Å²) in [6.45, 7) is 12.4. The molecule has 2 aromatic carbocycles. The number of nitrogens with zero attached hydrogens (tertiary/aromatic N) is 2. The summed E-state index contributed by atoms with van der Waals surface area (Å²) >= 11 is 0. The van der Waals surface area contributed by atoms with Crippen LogP contribution in [0.4, 0.5) is 0 Å². The summed E-state index contributed by atoms with van der Waals surface area (Å²) in [6, 6.07) is 22.1. The van der Waals surface area contributed by atoms with Crippen LogP contribution in [0.2, 0.25) is 0 Å². The lowest BCUT2D eigenvalue weighted by atomic mass is 9.86. The number of aliphatic hydroxyl groups is 1. The van der Waals surface area contributed by atoms with E-state index in [4.69, 9.17) is 0 Å². The van der Waals surface area contributed by atoms with E-state index in [0.717, 1.165) is 22.4 Å². The highest BCUT2D eigenvalue weighted by molar-refractivity contribution is 5.83. The van der Waals surface area contributed by atoms with Crippen LogP contribution in [0.1, 0.15) is 52.7 Å². The van der Waals surface area contributed by atoms with Gasteiger partial charge in [0, 0.05) is 24.8 Å². The van der Waals surface area contributed by atoms with Crippen LogP contribution >= 0.6 is 0 Å². The first-order valence-electron chi connectivity index (χ1n) is 15.7. The first-order valence-corrected chi connectivity index (χ1v) is 15.7. The average molecular weight is 617 g/mol. The first kappa shape index (κ1) is 35.8. The molecule has 1 aromatic heterocycles. The van der Waals surface area contributed by atoms with E-state index in [1.54, 1.807) is 25.3 Å². The number of hydrazine groups is 1. The number of nitrogens with one attached hydrogen (secondary N) is 4. The summed E-state index contributed by atoms with van der Waals surface area (Å²) in [7, 11) is 3.53. The first-order chi connectivity index (χ1) is 21.2. The van der Waals surface area contributed by atoms with Crippen molar-refractivity contribution < 1.29 is 14.7 Å². The predicted octanol–water partition coefficient (Wildman–Crippen LogP) is 3.94. The van der Waals surface area contributed by atoms with Crippen LogP contribution in [0.25, 0.3) is 11.3 Å². The van der Waals surface area contributed by atoms with Crippen molar-refractivity contribution >= 4 is 11.8 Å². The number of carbonyl (C=O) groups excluding carboxylic acids is 2. The van der Waals surface area contributed by atoms with Gasteiger partial charge in [-0.2, -0.15) is 0 Å². The van der Waals surface area contributed by atoms with Crippen LogP contribution in [0.15, 0.2) is 79.0 Å². The highest BCUT2D eigenvalue weighted by atomic mass is 16.3. The molecule has 0 radical (unpaired) electrons. The van der Waals surface area contributed by atoms with Gasteiger partial charge in [0.2, 0.25) is 5.91 Å². The number of rotatable bonds is 14. The van der Waals surface area contributed by atoms with Gasteiger partial charge in [-0.1, -0.05) is 102 Å². The molecule has 9 heteroatoms. The number of pyridine rings is 1. The van der Waals surface area contributed by atoms with Crippen molar-refractivity contribution in [2.24, 2.45) is 10.8 Å². The van der Waals surface area contributed by atoms with Gasteiger partial charge in [0.05, 0.1) is 29.9 Å². The molecule has 0 saturated heterocycles. The topological polar surface area (TPSA) is 119 Å². The molecule has 1 heterocycles. The highest BCUT2D eigenvalue weighted by Crippen LogP contribution is 2.22. The Labute approximate surface area is 269 Å². The molecule has 4 atom stereocenters. The molecule has 0 aliphatic heterocycles. The van der Waals surface area contributed by atoms with E-state index < -0.39 is 24.2 Å². The molecule has 45 heavy (non-hydrogen) atoms. The van der Waals surface area contributed by atoms with Crippen LogP contribution in [0, 0.1) is 10.8 Å². The van der Waals surface area contributed by atoms with Gasteiger partial charge >= 0.3 is 0 Å². The molecular formula is C36H52N6O3. The number of benzene rings is 2. The van der Waals surface area contributed by atoms with Gasteiger partial charge in [0.15, 0.2) is 0 Å². The standard InChI is InChI=1S/C36H52N6O3/c1-35(2,3)31(37-7)33(44)40-29(22-25-14-10-9-11-15-25)30(43)24-42(41-34(45)32(38-8)36(4,5)6)23-26-17-19-27(20-18-26)28-16-12-13-21-39-28/h9-21,29-32,37-38,43H,22-24H2,1-8H3,(H,40,44)(H,41,45). The molecule has 5 N–H and O–H groups in total. The van der Waals surface area contributed by atoms with Crippen LogP contribution < -0.4 is 21.4 Å². The second kappa shape index (κ2) is 16.1. The fourth-order valence-corrected chi connectivity index (χ4v) is 5.59. The van der Waals surface area contributed by atoms with Gasteiger partial charge in [0.1, 0.15) is 0 Å². The van der Waals surface area contributed by atoms with Crippen LogP contribution in [-0.4, -0.2) is 71.8 Å². The third-order valence-corrected chi connectivity index (χ3v) is 7.89. The molecular weight excluding hydrogens is 564 g/mol. The lowest BCUT2D eigenvalue weighted by Crippen LogP contribution is -2.59. The summed E-state index contributed by atoms with van der Waals surface area (Å²) in [6.07, 6.45) is 1.19. The van der Waals surface area contributed by atoms with Crippen LogP contribution in [-0.2, 0) is 22.6 Å². The monoisotopic (exact) mass is 616 g/mol. The van der Waals surface area contributed by atoms with Crippen molar-refractivity contribution in [1.29, 1.82) is 0 Å². The van der Waals surface area contributed by atoms with Crippen molar-refractivity contribution in [3.63, 3.8) is 0 Å². The van der Waals surface area contributed by atoms with Gasteiger partial charge < -0.3 is 21.1 Å². The maximum absolute atomic E-state index is 13.5. The molecule has 244 valence electrons. The summed E-state index contributed by atoms with van der Waals surface area (Å²) in [5, 5.41) is 22.9. The van der Waals surface area contributed by atoms with E-state index in [0.29, 0.717) is 13.0 Å². The number of hydrogen-bond donors (Lipinski definition) is 5. The van der Waals surface area contributed by atoms with Crippen molar-refractivity contribution in [3.05, 3.63) is 90.1 Å². The molecule has 3 aromatic rings. The summed E-state index contributed by atoms with van der Waals surface area (Å²) < 4.78 is 0. The minimum absolute atomic E-state index is 0.0891. The maximum atomic E-state index is 13.5. The van der Waals surface area contributed by atoms with Crippen LogP contribution in [0.5, 0.6) is 0 Å². The molecule has 0 saturated carbocycles. The van der Waals surface area contributed by atoms with E-state index in [1.165, 1.54) is 0 Å². The number of amides is 2. The number of likely N-dealkylation sites (N-methyl/N-ethyl adjacent to an activating group) is 2. The van der Waals surface area contributed by atoms with Crippen LogP contribution in [0.3, 0.4) is 0 Å². The lowest BCUT2D eigenvalue weighted by Gasteiger charge is -2.35. The van der Waals surface area contributed by atoms with Gasteiger partial charge in [-0.15, -0.1) is 0 Å². The van der Waals surface area contributed by atoms with Gasteiger partial charge in [-0.25, -0.2) is 5.01 Å². The van der Waals surface area contributed by atoms with E-state index in [2.05, 4.69) is 26.4 Å². The lowest BCUT2D eigenvalue weighted by molar-refractivity contribution is -0.132. The van der Waals surface area contributed by atoms with Crippen molar-refractivity contribution in [2.45, 2.75) is 78.7 Å². The molecule has 3 rings (SSSR count). The largest absolute Gasteiger partial charge is 0.390 e. The minimum atomic E-state index is -0.998. The fraction of sp³-hybridized carbons (Fsp3) is 0.472. The van der Waals surface area contributed by atoms with Gasteiger partial charge in [0.25, 0.3) is 5.91 Å². The number of hydrogen-bond acceptors (Lipinski definition) is 7. The average Bonchev–Trinajstić information content (AvgIpc) is 2.97. The number of carbonyl (C=O) groups is 2. The predicted molar refractivity (Wildman–Crippen MR) is 181 cm³/mol. The molecule has 0 bridgehead atoms. The van der Waals surface area contributed by atoms with E-state index >= 15 is 0 Å². The Morgan fingerprint density at radius 3 is 1.89 bits per heavy atom. The Kier molecular flexibility index (Phi) is 12.8. The van der Waals surface area contributed by atoms with E-state index in [1.807, 2.05) is 114 Å². The Morgan fingerprint density at radius 2 is 1.36 bits per heavy atom. The summed E-state index contributed by atoms with van der Waals surface area (Å²) in [4.78, 5) is 31.5. The van der Waals surface area contributed by atoms with E-state index in [9.17, 15) is 14.7 Å². The molecule has 0 fully saturated rings. The summed E-state index contributed by atoms with van der Waals surface area (Å²) in [5.41, 5.74) is 6.19. The third kappa shape index (κ3) is 10.7. The SMILES string of the molecule is CNC(C(=O)NC(Cc1ccccc1)C(O)CN(Cc1ccc(-c2ccccn2)cc1)NC(=O)C(NC)C(C)(C)C)C(C)(C)C. The smallest absolute Gasteiger partial charge is 0.251 e. The Morgan fingerprint density at radius 1 is 0.778 bits per heavy atom. The molecule has 0 spiro atoms. The maximum Gasteiger partial charge on any atom is 0.251 e. The molecule has 0 aliphatic carbocycles. The zero-order chi connectivity index (χ0) is 33.2. The summed E-state index contributed by atoms with van der Waals surface area (Å²) in [5.74, 6) is -0.386. The highest BCUT2D eigenvalue weighted by Gasteiger charge is 2.34. The van der Waals surface area contributed by atoms with E-state index in [-0.39, 0.29) is 29.2 Å². The Bertz CT molecular complexity index is 1340. The quantitative estimate of drug-likeness (QED) is 0.174. The van der Waals surface area contributed by atoms with Gasteiger partial charge in [-0.3, -0.25) is 20.0 Å². The second-order valence-corrected chi connectivity index (χ2v) is 13.8. The fourth-order valence-electron chi connectivity index (χ4n) is 5.59. The third-order valence-electron chi connectivity index (χ3n) is 7.89. The molecule has 2 amide bonds. The minimum Gasteiger partial charge on any atom is -0.390 e. The number of aliphatic hydroxyl groups excluding tert-OH is 1. The molecule has 4 unspecified atom stereocenters. The Balaban J connectivity index is 1.89. The van der Waals surface area contributed by atoms with Crippen molar-refractivity contribution in [3.8, 4) is 11.3 Å². The Hall–Kier alpha value is -3.63. The van der Waals surface area contributed by atoms with Gasteiger partial charge in [-0.05, 0) is 54.6 Å².